The molecule has 0 spiro atoms. The molecule has 4 rings (SSSR count). The summed E-state index contributed by atoms with van der Waals surface area (Å²) in [4.78, 5) is 40.1. The third kappa shape index (κ3) is 3.82. The predicted molar refractivity (Wildman–Crippen MR) is 105 cm³/mol. The molecule has 2 atom stereocenters. The van der Waals surface area contributed by atoms with Crippen LogP contribution in [0.4, 0.5) is 5.95 Å². The van der Waals surface area contributed by atoms with Gasteiger partial charge in [0.15, 0.2) is 0 Å². The minimum atomic E-state index is -0.133. The first-order valence-corrected chi connectivity index (χ1v) is 9.85. The molecule has 2 amide bonds. The number of hydrogen-bond acceptors (Lipinski definition) is 7. The van der Waals surface area contributed by atoms with Crippen molar-refractivity contribution in [2.75, 3.05) is 44.3 Å². The number of nitrogens with zero attached hydrogens (tertiary/aromatic N) is 5. The van der Waals surface area contributed by atoms with Crippen LogP contribution in [0.2, 0.25) is 0 Å². The number of ether oxygens (including phenoxy) is 1. The predicted octanol–water partition coefficient (Wildman–Crippen LogP) is 1.28. The summed E-state index contributed by atoms with van der Waals surface area (Å²) in [5.74, 6) is 0.415. The molecule has 154 valence electrons. The molecule has 0 N–H and O–H groups in total. The van der Waals surface area contributed by atoms with Gasteiger partial charge in [-0.2, -0.15) is 0 Å². The van der Waals surface area contributed by atoms with E-state index in [2.05, 4.69) is 9.97 Å². The van der Waals surface area contributed by atoms with Crippen molar-refractivity contribution in [3.05, 3.63) is 42.1 Å². The van der Waals surface area contributed by atoms with Gasteiger partial charge >= 0.3 is 0 Å². The summed E-state index contributed by atoms with van der Waals surface area (Å²) < 4.78 is 10.4. The van der Waals surface area contributed by atoms with E-state index < -0.39 is 0 Å². The summed E-state index contributed by atoms with van der Waals surface area (Å²) in [5, 5.41) is 0. The van der Waals surface area contributed by atoms with Crippen LogP contribution < -0.4 is 4.90 Å². The zero-order chi connectivity index (χ0) is 20.4. The van der Waals surface area contributed by atoms with E-state index in [1.807, 2.05) is 18.7 Å². The Kier molecular flexibility index (Phi) is 5.48. The lowest BCUT2D eigenvalue weighted by Gasteiger charge is -2.44. The van der Waals surface area contributed by atoms with Crippen LogP contribution in [0, 0.1) is 0 Å². The van der Waals surface area contributed by atoms with E-state index in [0.29, 0.717) is 43.4 Å². The zero-order valence-corrected chi connectivity index (χ0v) is 16.7. The molecule has 0 bridgehead atoms. The van der Waals surface area contributed by atoms with Crippen LogP contribution in [0.5, 0.6) is 0 Å². The Morgan fingerprint density at radius 2 is 1.52 bits per heavy atom. The Hall–Kier alpha value is -2.94. The van der Waals surface area contributed by atoms with Crippen LogP contribution >= 0.6 is 0 Å². The number of hydrogen-bond donors (Lipinski definition) is 0. The normalized spacial score (nSPS) is 22.6. The molecular formula is C20H25N5O4. The molecule has 0 saturated carbocycles. The van der Waals surface area contributed by atoms with Crippen LogP contribution in [-0.4, -0.2) is 83.1 Å². The molecule has 2 aliphatic rings. The van der Waals surface area contributed by atoms with E-state index in [4.69, 9.17) is 9.15 Å². The van der Waals surface area contributed by atoms with Crippen LogP contribution in [0.1, 0.15) is 34.6 Å². The highest BCUT2D eigenvalue weighted by Crippen LogP contribution is 2.22. The van der Waals surface area contributed by atoms with Crippen LogP contribution in [-0.2, 0) is 4.74 Å². The van der Waals surface area contributed by atoms with Gasteiger partial charge in [-0.3, -0.25) is 9.59 Å². The number of aromatic nitrogens is 2. The lowest BCUT2D eigenvalue weighted by Crippen LogP contribution is -2.60. The smallest absolute Gasteiger partial charge is 0.257 e. The third-order valence-corrected chi connectivity index (χ3v) is 5.73. The SMILES string of the molecule is C[C@@H]1[C@H](C)N(C(=O)c2cnc(N3CCOCC3)nc2)CCN1C(=O)c1ccoc1. The second kappa shape index (κ2) is 8.20. The lowest BCUT2D eigenvalue weighted by molar-refractivity contribution is 0.0240. The molecule has 2 aromatic rings. The summed E-state index contributed by atoms with van der Waals surface area (Å²) in [6, 6.07) is 1.40. The zero-order valence-electron chi connectivity index (χ0n) is 16.7. The highest BCUT2D eigenvalue weighted by molar-refractivity contribution is 5.96. The third-order valence-electron chi connectivity index (χ3n) is 5.73. The molecule has 0 unspecified atom stereocenters. The first kappa shape index (κ1) is 19.4. The second-order valence-electron chi connectivity index (χ2n) is 7.36. The molecule has 4 heterocycles. The number of furan rings is 1. The monoisotopic (exact) mass is 399 g/mol. The topological polar surface area (TPSA) is 92.0 Å². The summed E-state index contributed by atoms with van der Waals surface area (Å²) in [6.45, 7) is 7.64. The minimum Gasteiger partial charge on any atom is -0.472 e. The number of piperazine rings is 1. The van der Waals surface area contributed by atoms with Crippen molar-refractivity contribution in [3.63, 3.8) is 0 Å². The summed E-state index contributed by atoms with van der Waals surface area (Å²) in [6.07, 6.45) is 6.10. The maximum atomic E-state index is 13.0. The number of morpholine rings is 1. The molecule has 9 heteroatoms. The van der Waals surface area contributed by atoms with Crippen molar-refractivity contribution in [2.45, 2.75) is 25.9 Å². The van der Waals surface area contributed by atoms with E-state index >= 15 is 0 Å². The average Bonchev–Trinajstić information content (AvgIpc) is 3.30. The molecule has 2 aliphatic heterocycles. The molecule has 0 radical (unpaired) electrons. The Morgan fingerprint density at radius 1 is 0.931 bits per heavy atom. The number of anilines is 1. The van der Waals surface area contributed by atoms with E-state index in [9.17, 15) is 9.59 Å². The van der Waals surface area contributed by atoms with Gasteiger partial charge in [0, 0.05) is 50.7 Å². The molecule has 0 aliphatic carbocycles. The first-order chi connectivity index (χ1) is 14.1. The van der Waals surface area contributed by atoms with Gasteiger partial charge in [-0.15, -0.1) is 0 Å². The largest absolute Gasteiger partial charge is 0.472 e. The van der Waals surface area contributed by atoms with E-state index in [1.54, 1.807) is 28.3 Å². The van der Waals surface area contributed by atoms with Gasteiger partial charge in [-0.1, -0.05) is 0 Å². The first-order valence-electron chi connectivity index (χ1n) is 9.85. The van der Waals surface area contributed by atoms with Gasteiger partial charge in [-0.25, -0.2) is 9.97 Å². The van der Waals surface area contributed by atoms with Gasteiger partial charge in [-0.05, 0) is 19.9 Å². The Balaban J connectivity index is 1.43. The van der Waals surface area contributed by atoms with E-state index in [1.165, 1.54) is 12.5 Å². The molecule has 2 aromatic heterocycles. The second-order valence-corrected chi connectivity index (χ2v) is 7.36. The van der Waals surface area contributed by atoms with Crippen molar-refractivity contribution >= 4 is 17.8 Å². The van der Waals surface area contributed by atoms with Crippen molar-refractivity contribution in [3.8, 4) is 0 Å². The molecule has 29 heavy (non-hydrogen) atoms. The van der Waals surface area contributed by atoms with Gasteiger partial charge < -0.3 is 23.9 Å². The van der Waals surface area contributed by atoms with Crippen molar-refractivity contribution < 1.29 is 18.7 Å². The van der Waals surface area contributed by atoms with Crippen molar-refractivity contribution in [1.29, 1.82) is 0 Å². The Bertz CT molecular complexity index is 848. The van der Waals surface area contributed by atoms with E-state index in [-0.39, 0.29) is 23.9 Å². The lowest BCUT2D eigenvalue weighted by atomic mass is 10.0. The number of carbonyl (C=O) groups excluding carboxylic acids is 2. The summed E-state index contributed by atoms with van der Waals surface area (Å²) >= 11 is 0. The quantitative estimate of drug-likeness (QED) is 0.768. The van der Waals surface area contributed by atoms with Gasteiger partial charge in [0.1, 0.15) is 6.26 Å². The maximum Gasteiger partial charge on any atom is 0.257 e. The summed E-state index contributed by atoms with van der Waals surface area (Å²) in [5.41, 5.74) is 0.978. The molecule has 2 saturated heterocycles. The van der Waals surface area contributed by atoms with Gasteiger partial charge in [0.25, 0.3) is 11.8 Å². The Morgan fingerprint density at radius 3 is 2.07 bits per heavy atom. The van der Waals surface area contributed by atoms with Gasteiger partial charge in [0.2, 0.25) is 5.95 Å². The maximum absolute atomic E-state index is 13.0. The molecule has 9 nitrogen and oxygen atoms in total. The van der Waals surface area contributed by atoms with Crippen LogP contribution in [0.15, 0.2) is 35.4 Å². The average molecular weight is 399 g/mol. The molecule has 0 aromatic carbocycles. The fraction of sp³-hybridized carbons (Fsp3) is 0.500. The highest BCUT2D eigenvalue weighted by Gasteiger charge is 2.36. The van der Waals surface area contributed by atoms with E-state index in [0.717, 1.165) is 13.1 Å². The minimum absolute atomic E-state index is 0.0802. The number of amides is 2. The number of carbonyl (C=O) groups is 2. The fourth-order valence-corrected chi connectivity index (χ4v) is 3.79. The molecular weight excluding hydrogens is 374 g/mol. The standard InChI is InChI=1S/C20H25N5O4/c1-14-15(2)25(5-4-24(14)18(26)16-3-8-29-13-16)19(27)17-11-21-20(22-12-17)23-6-9-28-10-7-23/h3,8,11-15H,4-7,9-10H2,1-2H3/t14-,15+/m1/s1. The van der Waals surface area contributed by atoms with Crippen molar-refractivity contribution in [1.82, 2.24) is 19.8 Å². The fourth-order valence-electron chi connectivity index (χ4n) is 3.79. The summed E-state index contributed by atoms with van der Waals surface area (Å²) in [7, 11) is 0. The highest BCUT2D eigenvalue weighted by atomic mass is 16.5. The van der Waals surface area contributed by atoms with Crippen molar-refractivity contribution in [2.24, 2.45) is 0 Å². The molecule has 2 fully saturated rings. The van der Waals surface area contributed by atoms with Crippen LogP contribution in [0.3, 0.4) is 0 Å². The van der Waals surface area contributed by atoms with Crippen LogP contribution in [0.25, 0.3) is 0 Å². The van der Waals surface area contributed by atoms with Gasteiger partial charge in [0.05, 0.1) is 30.6 Å². The Labute approximate surface area is 169 Å². The number of rotatable bonds is 3.